The number of ether oxygens (including phenoxy) is 7. The molecule has 4 aliphatic rings. The number of carbonyl (C=O) groups excluding carboxylic acids is 1. The summed E-state index contributed by atoms with van der Waals surface area (Å²) in [4.78, 5) is 22.3. The molecule has 0 aliphatic carbocycles. The zero-order chi connectivity index (χ0) is 53.4. The van der Waals surface area contributed by atoms with Crippen LogP contribution < -0.4 is 5.32 Å². The van der Waals surface area contributed by atoms with Crippen molar-refractivity contribution in [2.45, 2.75) is 185 Å². The van der Waals surface area contributed by atoms with Crippen molar-refractivity contribution in [3.05, 3.63) is 48.0 Å². The highest BCUT2D eigenvalue weighted by atomic mass is 19.1. The number of anilines is 1. The number of methoxy groups -OCH3 is 1. The third-order valence-corrected chi connectivity index (χ3v) is 15.5. The Morgan fingerprint density at radius 1 is 1.05 bits per heavy atom. The van der Waals surface area contributed by atoms with Crippen LogP contribution in [-0.2, 0) is 49.2 Å². The molecule has 0 spiro atoms. The lowest BCUT2D eigenvalue weighted by molar-refractivity contribution is -0.317. The molecule has 5 heterocycles. The van der Waals surface area contributed by atoms with Crippen LogP contribution in [0, 0.1) is 29.5 Å². The van der Waals surface area contributed by atoms with Crippen molar-refractivity contribution in [2.75, 3.05) is 52.5 Å². The van der Waals surface area contributed by atoms with Gasteiger partial charge in [-0.25, -0.2) is 9.07 Å². The molecule has 412 valence electrons. The molecule has 0 unspecified atom stereocenters. The summed E-state index contributed by atoms with van der Waals surface area (Å²) in [6, 6.07) is 5.79. The van der Waals surface area contributed by atoms with Crippen LogP contribution in [0.4, 0.5) is 14.5 Å². The van der Waals surface area contributed by atoms with E-state index in [4.69, 9.17) is 38.0 Å². The highest BCUT2D eigenvalue weighted by Gasteiger charge is 2.56. The van der Waals surface area contributed by atoms with Gasteiger partial charge in [-0.1, -0.05) is 37.2 Å². The first-order valence-corrected chi connectivity index (χ1v) is 25.9. The van der Waals surface area contributed by atoms with E-state index in [2.05, 4.69) is 20.8 Å². The van der Waals surface area contributed by atoms with Crippen molar-refractivity contribution in [1.82, 2.24) is 19.9 Å². The number of esters is 1. The van der Waals surface area contributed by atoms with Crippen LogP contribution in [0.2, 0.25) is 0 Å². The van der Waals surface area contributed by atoms with Crippen LogP contribution >= 0.6 is 0 Å². The van der Waals surface area contributed by atoms with Crippen LogP contribution in [0.3, 0.4) is 0 Å². The third kappa shape index (κ3) is 14.0. The molecular formula is C52H82F2N6O13. The van der Waals surface area contributed by atoms with Crippen LogP contribution in [0.25, 0.3) is 6.20 Å². The van der Waals surface area contributed by atoms with Crippen molar-refractivity contribution in [2.24, 2.45) is 28.8 Å². The summed E-state index contributed by atoms with van der Waals surface area (Å²) >= 11 is 0. The van der Waals surface area contributed by atoms with Gasteiger partial charge in [0.15, 0.2) is 12.6 Å². The summed E-state index contributed by atoms with van der Waals surface area (Å²) in [6.07, 6.45) is -3.21. The Morgan fingerprint density at radius 2 is 1.81 bits per heavy atom. The number of benzene rings is 1. The van der Waals surface area contributed by atoms with E-state index in [9.17, 15) is 34.0 Å². The fourth-order valence-corrected chi connectivity index (χ4v) is 11.0. The van der Waals surface area contributed by atoms with Crippen LogP contribution in [0.1, 0.15) is 100 Å². The maximum Gasteiger partial charge on any atom is 0.311 e. The molecule has 73 heavy (non-hydrogen) atoms. The number of halogens is 2. The van der Waals surface area contributed by atoms with E-state index in [1.54, 1.807) is 57.6 Å². The number of alkyl halides is 1. The van der Waals surface area contributed by atoms with Gasteiger partial charge in [-0.15, -0.1) is 5.10 Å². The van der Waals surface area contributed by atoms with E-state index >= 15 is 0 Å². The summed E-state index contributed by atoms with van der Waals surface area (Å²) in [5.74, 6) is -4.22. The summed E-state index contributed by atoms with van der Waals surface area (Å²) in [6.45, 7) is 16.0. The Balaban J connectivity index is 1.30. The van der Waals surface area contributed by atoms with E-state index in [1.165, 1.54) is 26.2 Å². The van der Waals surface area contributed by atoms with Gasteiger partial charge in [-0.2, -0.15) is 0 Å². The van der Waals surface area contributed by atoms with Crippen molar-refractivity contribution in [1.29, 1.82) is 0 Å². The number of fused-ring (bicyclic) bond motifs is 2. The summed E-state index contributed by atoms with van der Waals surface area (Å²) in [7, 11) is 3.42. The van der Waals surface area contributed by atoms with E-state index in [0.29, 0.717) is 37.3 Å². The van der Waals surface area contributed by atoms with Crippen molar-refractivity contribution >= 4 is 23.6 Å². The molecule has 18 atom stereocenters. The number of hydrogen-bond donors (Lipinski definition) is 5. The minimum Gasteiger partial charge on any atom is -0.459 e. The zero-order valence-corrected chi connectivity index (χ0v) is 44.4. The number of hydrogen-bond acceptors (Lipinski definition) is 18. The lowest BCUT2D eigenvalue weighted by atomic mass is 9.74. The molecule has 19 nitrogen and oxygen atoms in total. The third-order valence-electron chi connectivity index (χ3n) is 15.5. The minimum absolute atomic E-state index is 0.0273. The van der Waals surface area contributed by atoms with E-state index < -0.39 is 114 Å². The number of oxime groups is 1. The number of cyclic esters (lactones) is 1. The number of aromatic nitrogens is 3. The Hall–Kier alpha value is -3.74. The topological polar surface area (TPSA) is 230 Å². The van der Waals surface area contributed by atoms with Crippen molar-refractivity contribution < 1.29 is 72.0 Å². The molecule has 4 saturated heterocycles. The van der Waals surface area contributed by atoms with Gasteiger partial charge in [0.25, 0.3) is 0 Å². The zero-order valence-electron chi connectivity index (χ0n) is 44.4. The highest BCUT2D eigenvalue weighted by molar-refractivity contribution is 5.89. The van der Waals surface area contributed by atoms with E-state index in [1.807, 2.05) is 45.0 Å². The molecule has 0 amide bonds. The smallest absolute Gasteiger partial charge is 0.311 e. The number of rotatable bonds is 18. The largest absolute Gasteiger partial charge is 0.459 e. The number of carbonyl (C=O) groups is 1. The highest BCUT2D eigenvalue weighted by Crippen LogP contribution is 2.45. The van der Waals surface area contributed by atoms with Crippen LogP contribution in [0.5, 0.6) is 0 Å². The Morgan fingerprint density at radius 3 is 2.51 bits per heavy atom. The molecule has 0 radical (unpaired) electrons. The first-order chi connectivity index (χ1) is 34.5. The molecule has 1 aromatic carbocycles. The number of aliphatic hydroxyl groups is 4. The standard InChI is InChI=1S/C52H82F2N6O13/c1-12-40-52(9,65)45(62)31(3)42(57-68-23-14-19-53)35-26-51(8,67-29-35)47(32(4)44(33(5)48(64)71-40)72-41-27-50(7,66-11)46(63)34(6)70-41)73-49-43(61)39(24-30(2)69-49)59(10)22-18-38-28-60(58-56-38)21-15-20-55-37-17-13-16-36(54)25-37/h13,15-17,21,25,28,30-35,39-41,43-47,49,55,61-63,65H,12,14,18-20,22-24,26-27,29H2,1-11H3/b21-15-,57-42+/t30-,31+,32+,33-,34+,35+,39+,40-,41+,43-,44+,45-,46+,47-,49+,50-,51-,52-/m1/s1. The minimum atomic E-state index is -1.97. The van der Waals surface area contributed by atoms with Gasteiger partial charge in [-0.3, -0.25) is 9.18 Å². The van der Waals surface area contributed by atoms with Gasteiger partial charge in [0.2, 0.25) is 0 Å². The van der Waals surface area contributed by atoms with E-state index in [0.717, 1.165) is 5.69 Å². The lowest BCUT2D eigenvalue weighted by Gasteiger charge is -2.49. The number of likely N-dealkylation sites (N-methyl/N-ethyl adjacent to an activating group) is 1. The fraction of sp³-hybridized carbons (Fsp3) is 0.769. The van der Waals surface area contributed by atoms with Crippen LogP contribution in [-0.4, -0.2) is 183 Å². The molecule has 21 heteroatoms. The lowest BCUT2D eigenvalue weighted by Crippen LogP contribution is -2.61. The second-order valence-corrected chi connectivity index (χ2v) is 21.3. The molecule has 4 fully saturated rings. The molecule has 2 aromatic rings. The molecule has 4 aliphatic heterocycles. The second kappa shape index (κ2) is 25.4. The van der Waals surface area contributed by atoms with Gasteiger partial charge < -0.3 is 68.6 Å². The molecular weight excluding hydrogens is 955 g/mol. The first-order valence-electron chi connectivity index (χ1n) is 25.9. The molecule has 0 saturated carbocycles. The number of nitrogens with zero attached hydrogens (tertiary/aromatic N) is 5. The Labute approximate surface area is 428 Å². The Kier molecular flexibility index (Phi) is 20.4. The summed E-state index contributed by atoms with van der Waals surface area (Å²) < 4.78 is 73.9. The number of aliphatic hydroxyl groups excluding tert-OH is 3. The summed E-state index contributed by atoms with van der Waals surface area (Å²) in [5.41, 5.74) is -2.51. The van der Waals surface area contributed by atoms with Gasteiger partial charge in [-0.05, 0) is 92.1 Å². The number of nitrogens with one attached hydrogen (secondary N) is 1. The monoisotopic (exact) mass is 1040 g/mol. The van der Waals surface area contributed by atoms with Crippen molar-refractivity contribution in [3.63, 3.8) is 0 Å². The van der Waals surface area contributed by atoms with Crippen LogP contribution in [0.15, 0.2) is 41.7 Å². The van der Waals surface area contributed by atoms with Crippen molar-refractivity contribution in [3.8, 4) is 0 Å². The second-order valence-electron chi connectivity index (χ2n) is 21.3. The maximum atomic E-state index is 14.6. The predicted octanol–water partition coefficient (Wildman–Crippen LogP) is 4.89. The predicted molar refractivity (Wildman–Crippen MR) is 266 cm³/mol. The normalized spacial score (nSPS) is 39.5. The fourth-order valence-electron chi connectivity index (χ4n) is 11.0. The molecule has 6 rings (SSSR count). The molecule has 1 aromatic heterocycles. The quantitative estimate of drug-likeness (QED) is 0.0760. The first kappa shape index (κ1) is 58.5. The van der Waals surface area contributed by atoms with E-state index in [-0.39, 0.29) is 50.8 Å². The average molecular weight is 1040 g/mol. The average Bonchev–Trinajstić information content (AvgIpc) is 3.99. The summed E-state index contributed by atoms with van der Waals surface area (Å²) in [5, 5.41) is 63.7. The van der Waals surface area contributed by atoms with Gasteiger partial charge in [0.05, 0.1) is 78.5 Å². The molecule has 2 bridgehead atoms. The van der Waals surface area contributed by atoms with Gasteiger partial charge in [0, 0.05) is 75.1 Å². The maximum absolute atomic E-state index is 14.6. The Bertz CT molecular complexity index is 2140. The molecule has 5 N–H and O–H groups in total. The van der Waals surface area contributed by atoms with Gasteiger partial charge in [0.1, 0.15) is 36.3 Å². The van der Waals surface area contributed by atoms with Gasteiger partial charge >= 0.3 is 5.97 Å². The SMILES string of the molecule is CC[C@H]1OC(=O)[C@H](C)[C@@H](O[C@H]2C[C@@](C)(OC)[C@@H](O)[C@H](C)O2)[C@H](C)[C@@H](O[C@@H]2O[C@H](C)C[C@H](N(C)CCc3cn(/C=C\CNc4cccc(F)c4)nn3)[C@H]2O)[C@@]2(C)C[C@@H](CO2)/C(=N/OCCCF)[C@H](C)[C@@H](O)[C@]1(C)O.